The van der Waals surface area contributed by atoms with Crippen LogP contribution in [0.4, 0.5) is 0 Å². The van der Waals surface area contributed by atoms with Gasteiger partial charge in [0, 0.05) is 25.6 Å². The Labute approximate surface area is 274 Å². The molecule has 260 valence electrons. The van der Waals surface area contributed by atoms with Gasteiger partial charge < -0.3 is 59.0 Å². The number of rotatable bonds is 11. The van der Waals surface area contributed by atoms with Gasteiger partial charge in [0.15, 0.2) is 35.4 Å². The van der Waals surface area contributed by atoms with Gasteiger partial charge in [0.1, 0.15) is 18.3 Å². The fourth-order valence-corrected chi connectivity index (χ4v) is 6.22. The number of aliphatic hydroxyl groups is 4. The van der Waals surface area contributed by atoms with E-state index < -0.39 is 36.7 Å². The lowest BCUT2D eigenvalue weighted by atomic mass is 9.77. The highest BCUT2D eigenvalue weighted by atomic mass is 16.6. The Morgan fingerprint density at radius 1 is 0.872 bits per heavy atom. The minimum absolute atomic E-state index is 0.183. The fourth-order valence-electron chi connectivity index (χ4n) is 6.22. The highest BCUT2D eigenvalue weighted by molar-refractivity contribution is 5.80. The molecule has 1 amide bonds. The number of carboxylic acid groups (broad SMARTS) is 1. The number of amides is 1. The monoisotopic (exact) mass is 662 g/mol. The number of carbonyl (C=O) groups is 2. The molecule has 0 saturated carbocycles. The highest BCUT2D eigenvalue weighted by Gasteiger charge is 2.46. The molecular weight excluding hydrogens is 616 g/mol. The molecule has 47 heavy (non-hydrogen) atoms. The van der Waals surface area contributed by atoms with Crippen molar-refractivity contribution in [3.63, 3.8) is 0 Å². The van der Waals surface area contributed by atoms with E-state index in [0.717, 1.165) is 68.3 Å². The largest absolute Gasteiger partial charge is 0.493 e. The standard InChI is InChI=1S/C27H36N2O5.C6H10O7/c1-28(17-21-11-20-14-25(33-4)26(34-5)16-22(20)21)8-6-9-29-10-7-18-12-23(31-2)24(32-3)13-19(18)15-27(29)30;7-1-2(8)4(5(10)11)13-6(12)3(1)9/h12-14,16,21H,6-11,15,17H2,1-5H3;1-4,6-9,12H,(H,10,11)/t21-;1-,2-,3+,4-,6+/m10/s1. The summed E-state index contributed by atoms with van der Waals surface area (Å²) in [5, 5.41) is 44.4. The maximum atomic E-state index is 12.9. The second-order valence-electron chi connectivity index (χ2n) is 12.0. The lowest BCUT2D eigenvalue weighted by molar-refractivity contribution is -0.279. The molecule has 14 nitrogen and oxygen atoms in total. The summed E-state index contributed by atoms with van der Waals surface area (Å²) in [6.07, 6.45) is -5.46. The molecule has 0 radical (unpaired) electrons. The molecule has 3 aliphatic rings. The van der Waals surface area contributed by atoms with Crippen molar-refractivity contribution in [2.45, 2.75) is 62.3 Å². The molecule has 5 rings (SSSR count). The molecule has 5 N–H and O–H groups in total. The fraction of sp³-hybridized carbons (Fsp3) is 0.576. The third-order valence-electron chi connectivity index (χ3n) is 8.93. The van der Waals surface area contributed by atoms with Gasteiger partial charge in [0.05, 0.1) is 34.9 Å². The van der Waals surface area contributed by atoms with Gasteiger partial charge in [-0.1, -0.05) is 0 Å². The molecule has 0 bridgehead atoms. The summed E-state index contributed by atoms with van der Waals surface area (Å²) < 4.78 is 26.1. The van der Waals surface area contributed by atoms with E-state index in [0.29, 0.717) is 18.1 Å². The van der Waals surface area contributed by atoms with Gasteiger partial charge in [-0.25, -0.2) is 4.79 Å². The van der Waals surface area contributed by atoms with Gasteiger partial charge in [-0.15, -0.1) is 0 Å². The zero-order valence-corrected chi connectivity index (χ0v) is 27.4. The maximum Gasteiger partial charge on any atom is 0.335 e. The van der Waals surface area contributed by atoms with Crippen molar-refractivity contribution in [2.75, 3.05) is 61.7 Å². The number of fused-ring (bicyclic) bond motifs is 2. The zero-order valence-electron chi connectivity index (χ0n) is 27.4. The molecule has 6 atom stereocenters. The lowest BCUT2D eigenvalue weighted by Crippen LogP contribution is -2.59. The third kappa shape index (κ3) is 8.26. The number of aliphatic carboxylic acids is 1. The highest BCUT2D eigenvalue weighted by Crippen LogP contribution is 2.42. The summed E-state index contributed by atoms with van der Waals surface area (Å²) in [5.41, 5.74) is 4.91. The quantitative estimate of drug-likeness (QED) is 0.220. The van der Waals surface area contributed by atoms with Crippen molar-refractivity contribution < 1.29 is 58.8 Å². The number of carboxylic acids is 1. The number of hydrogen-bond acceptors (Lipinski definition) is 12. The Balaban J connectivity index is 0.000000323. The average Bonchev–Trinajstić information content (AvgIpc) is 3.20. The first-order chi connectivity index (χ1) is 22.4. The van der Waals surface area contributed by atoms with Gasteiger partial charge in [-0.3, -0.25) is 4.79 Å². The number of hydrogen-bond donors (Lipinski definition) is 5. The third-order valence-corrected chi connectivity index (χ3v) is 8.93. The summed E-state index contributed by atoms with van der Waals surface area (Å²) in [5.74, 6) is 2.17. The molecule has 0 spiro atoms. The predicted molar refractivity (Wildman–Crippen MR) is 168 cm³/mol. The van der Waals surface area contributed by atoms with E-state index >= 15 is 0 Å². The van der Waals surface area contributed by atoms with Crippen LogP contribution >= 0.6 is 0 Å². The molecule has 2 heterocycles. The zero-order chi connectivity index (χ0) is 34.4. The van der Waals surface area contributed by atoms with E-state index in [-0.39, 0.29) is 5.91 Å². The van der Waals surface area contributed by atoms with Crippen LogP contribution < -0.4 is 18.9 Å². The smallest absolute Gasteiger partial charge is 0.335 e. The topological polar surface area (TPSA) is 188 Å². The SMILES string of the molecule is COc1cc2c(cc1OC)CC(=O)N(CCCN(C)C[C@H]1Cc3cc(OC)c(OC)cc31)CC2.O=C(O)[C@H]1O[C@@H](O)[C@H](O)[C@@H](O)[C@@H]1O. The van der Waals surface area contributed by atoms with E-state index in [1.807, 2.05) is 17.0 Å². The van der Waals surface area contributed by atoms with Crippen molar-refractivity contribution >= 4 is 11.9 Å². The summed E-state index contributed by atoms with van der Waals surface area (Å²) in [4.78, 5) is 27.7. The molecule has 14 heteroatoms. The first-order valence-corrected chi connectivity index (χ1v) is 15.5. The molecule has 0 aromatic heterocycles. The normalized spacial score (nSPS) is 25.0. The number of ether oxygens (including phenoxy) is 5. The van der Waals surface area contributed by atoms with Crippen LogP contribution in [0.2, 0.25) is 0 Å². The molecule has 1 aliphatic carbocycles. The first kappa shape index (κ1) is 36.2. The van der Waals surface area contributed by atoms with Crippen LogP contribution in [0, 0.1) is 0 Å². The Morgan fingerprint density at radius 3 is 2.04 bits per heavy atom. The number of methoxy groups -OCH3 is 4. The van der Waals surface area contributed by atoms with Crippen LogP contribution in [0.25, 0.3) is 0 Å². The second kappa shape index (κ2) is 16.0. The van der Waals surface area contributed by atoms with Crippen LogP contribution in [-0.4, -0.2) is 140 Å². The molecule has 2 aliphatic heterocycles. The molecule has 2 aromatic carbocycles. The van der Waals surface area contributed by atoms with Crippen molar-refractivity contribution in [1.29, 1.82) is 0 Å². The van der Waals surface area contributed by atoms with E-state index in [4.69, 9.17) is 44.5 Å². The van der Waals surface area contributed by atoms with E-state index in [1.165, 1.54) is 16.7 Å². The van der Waals surface area contributed by atoms with Crippen molar-refractivity contribution in [3.05, 3.63) is 46.5 Å². The van der Waals surface area contributed by atoms with Crippen molar-refractivity contribution in [3.8, 4) is 23.0 Å². The average molecular weight is 663 g/mol. The number of nitrogens with zero attached hydrogens (tertiary/aromatic N) is 2. The van der Waals surface area contributed by atoms with Gasteiger partial charge in [0.25, 0.3) is 0 Å². The Kier molecular flexibility index (Phi) is 12.3. The molecule has 1 fully saturated rings. The van der Waals surface area contributed by atoms with Crippen LogP contribution in [-0.2, 0) is 33.6 Å². The number of benzene rings is 2. The predicted octanol–water partition coefficient (Wildman–Crippen LogP) is 0.181. The van der Waals surface area contributed by atoms with Gasteiger partial charge in [-0.05, 0) is 79.4 Å². The van der Waals surface area contributed by atoms with Crippen LogP contribution in [0.3, 0.4) is 0 Å². The summed E-state index contributed by atoms with van der Waals surface area (Å²) in [6.45, 7) is 3.47. The second-order valence-corrected chi connectivity index (χ2v) is 12.0. The minimum atomic E-state index is -1.81. The van der Waals surface area contributed by atoms with Gasteiger partial charge in [-0.2, -0.15) is 0 Å². The Bertz CT molecular complexity index is 1400. The molecular formula is C33H46N2O12. The van der Waals surface area contributed by atoms with Crippen molar-refractivity contribution in [1.82, 2.24) is 9.80 Å². The van der Waals surface area contributed by atoms with E-state index in [2.05, 4.69) is 28.8 Å². The number of carbonyl (C=O) groups excluding carboxylic acids is 1. The lowest BCUT2D eigenvalue weighted by Gasteiger charge is -2.36. The van der Waals surface area contributed by atoms with Gasteiger partial charge in [0.2, 0.25) is 5.91 Å². The molecule has 1 saturated heterocycles. The molecule has 2 aromatic rings. The summed E-state index contributed by atoms with van der Waals surface area (Å²) >= 11 is 0. The number of likely N-dealkylation sites (N-methyl/N-ethyl adjacent to an activating group) is 1. The summed E-state index contributed by atoms with van der Waals surface area (Å²) in [7, 11) is 8.79. The first-order valence-electron chi connectivity index (χ1n) is 15.5. The summed E-state index contributed by atoms with van der Waals surface area (Å²) in [6, 6.07) is 8.18. The number of aliphatic hydroxyl groups excluding tert-OH is 4. The van der Waals surface area contributed by atoms with Crippen LogP contribution in [0.5, 0.6) is 23.0 Å². The van der Waals surface area contributed by atoms with Crippen LogP contribution in [0.15, 0.2) is 24.3 Å². The van der Waals surface area contributed by atoms with Crippen LogP contribution in [0.1, 0.15) is 34.6 Å². The Morgan fingerprint density at radius 2 is 1.45 bits per heavy atom. The Hall–Kier alpha value is -3.66. The van der Waals surface area contributed by atoms with Gasteiger partial charge >= 0.3 is 5.97 Å². The van der Waals surface area contributed by atoms with E-state index in [1.54, 1.807) is 28.4 Å². The minimum Gasteiger partial charge on any atom is -0.493 e. The van der Waals surface area contributed by atoms with Crippen molar-refractivity contribution in [2.24, 2.45) is 0 Å². The molecule has 0 unspecified atom stereocenters. The van der Waals surface area contributed by atoms with E-state index in [9.17, 15) is 9.59 Å². The maximum absolute atomic E-state index is 12.9.